The second kappa shape index (κ2) is 13.2. The third-order valence-electron chi connectivity index (χ3n) is 6.07. The summed E-state index contributed by atoms with van der Waals surface area (Å²) in [5.41, 5.74) is 1.61. The van der Waals surface area contributed by atoms with Crippen LogP contribution < -0.4 is 16.2 Å². The van der Waals surface area contributed by atoms with E-state index < -0.39 is 0 Å². The van der Waals surface area contributed by atoms with Gasteiger partial charge in [0.1, 0.15) is 0 Å². The quantitative estimate of drug-likeness (QED) is 0.288. The van der Waals surface area contributed by atoms with E-state index in [1.807, 2.05) is 36.4 Å². The number of carbonyl (C=O) groups excluding carboxylic acids is 2. The van der Waals surface area contributed by atoms with Crippen molar-refractivity contribution in [3.05, 3.63) is 70.5 Å². The Kier molecular flexibility index (Phi) is 9.52. The molecule has 1 aliphatic heterocycles. The first kappa shape index (κ1) is 25.9. The number of carbonyl (C=O) groups is 2. The van der Waals surface area contributed by atoms with Gasteiger partial charge in [-0.1, -0.05) is 54.2 Å². The van der Waals surface area contributed by atoms with Gasteiger partial charge in [-0.05, 0) is 43.4 Å². The topological polar surface area (TPSA) is 102 Å². The van der Waals surface area contributed by atoms with Gasteiger partial charge in [0.05, 0.1) is 22.8 Å². The number of para-hydroxylation sites is 1. The molecule has 4 rings (SSSR count). The molecule has 9 heteroatoms. The van der Waals surface area contributed by atoms with Gasteiger partial charge in [-0.15, -0.1) is 0 Å². The van der Waals surface area contributed by atoms with Crippen LogP contribution in [0, 0.1) is 0 Å². The number of ether oxygens (including phenoxy) is 1. The van der Waals surface area contributed by atoms with Gasteiger partial charge in [0.25, 0.3) is 5.56 Å². The Morgan fingerprint density at radius 3 is 2.67 bits per heavy atom. The van der Waals surface area contributed by atoms with Crippen LogP contribution in [0.2, 0.25) is 0 Å². The molecule has 190 valence electrons. The summed E-state index contributed by atoms with van der Waals surface area (Å²) in [6.07, 6.45) is 3.63. The van der Waals surface area contributed by atoms with Crippen molar-refractivity contribution in [2.24, 2.45) is 0 Å². The first-order valence-corrected chi connectivity index (χ1v) is 13.4. The van der Waals surface area contributed by atoms with Crippen LogP contribution in [-0.2, 0) is 27.3 Å². The second-order valence-electron chi connectivity index (χ2n) is 8.79. The van der Waals surface area contributed by atoms with Crippen LogP contribution in [0.4, 0.5) is 0 Å². The lowest BCUT2D eigenvalue weighted by molar-refractivity contribution is -0.121. The third kappa shape index (κ3) is 7.41. The number of thioether (sulfide) groups is 1. The Morgan fingerprint density at radius 1 is 1.06 bits per heavy atom. The molecule has 8 nitrogen and oxygen atoms in total. The summed E-state index contributed by atoms with van der Waals surface area (Å²) in [5, 5.41) is 6.85. The molecule has 0 spiro atoms. The van der Waals surface area contributed by atoms with Crippen molar-refractivity contribution in [1.82, 2.24) is 20.2 Å². The molecule has 2 amide bonds. The van der Waals surface area contributed by atoms with Gasteiger partial charge in [-0.3, -0.25) is 19.0 Å². The van der Waals surface area contributed by atoms with Crippen molar-refractivity contribution < 1.29 is 14.3 Å². The van der Waals surface area contributed by atoms with Gasteiger partial charge in [0.15, 0.2) is 5.16 Å². The fraction of sp³-hybridized carbons (Fsp3) is 0.407. The summed E-state index contributed by atoms with van der Waals surface area (Å²) >= 11 is 1.24. The lowest BCUT2D eigenvalue weighted by atomic mass is 10.1. The number of aromatic nitrogens is 2. The highest BCUT2D eigenvalue weighted by Crippen LogP contribution is 2.18. The monoisotopic (exact) mass is 508 g/mol. The average Bonchev–Trinajstić information content (AvgIpc) is 3.42. The summed E-state index contributed by atoms with van der Waals surface area (Å²) in [6, 6.07) is 17.2. The predicted octanol–water partition coefficient (Wildman–Crippen LogP) is 2.92. The van der Waals surface area contributed by atoms with Crippen molar-refractivity contribution in [3.63, 3.8) is 0 Å². The van der Waals surface area contributed by atoms with E-state index in [1.54, 1.807) is 22.8 Å². The molecule has 2 aromatic carbocycles. The minimum atomic E-state index is -0.160. The maximum atomic E-state index is 13.2. The normalized spacial score (nSPS) is 15.2. The second-order valence-corrected chi connectivity index (χ2v) is 9.73. The van der Waals surface area contributed by atoms with Gasteiger partial charge in [-0.25, -0.2) is 4.98 Å². The zero-order chi connectivity index (χ0) is 25.2. The zero-order valence-electron chi connectivity index (χ0n) is 20.3. The Labute approximate surface area is 214 Å². The molecule has 2 N–H and O–H groups in total. The van der Waals surface area contributed by atoms with Crippen molar-refractivity contribution in [3.8, 4) is 0 Å². The van der Waals surface area contributed by atoms with Gasteiger partial charge >= 0.3 is 0 Å². The molecule has 0 aliphatic carbocycles. The minimum Gasteiger partial charge on any atom is -0.376 e. The van der Waals surface area contributed by atoms with Crippen LogP contribution in [-0.4, -0.2) is 52.9 Å². The van der Waals surface area contributed by atoms with Gasteiger partial charge in [0, 0.05) is 32.7 Å². The van der Waals surface area contributed by atoms with E-state index >= 15 is 0 Å². The number of hydrogen-bond donors (Lipinski definition) is 2. The van der Waals surface area contributed by atoms with Crippen molar-refractivity contribution >= 4 is 34.5 Å². The van der Waals surface area contributed by atoms with Crippen molar-refractivity contribution in [2.45, 2.75) is 49.9 Å². The van der Waals surface area contributed by atoms with Crippen LogP contribution >= 0.6 is 11.8 Å². The average molecular weight is 509 g/mol. The minimum absolute atomic E-state index is 0.0459. The zero-order valence-corrected chi connectivity index (χ0v) is 21.1. The highest BCUT2D eigenvalue weighted by molar-refractivity contribution is 7.99. The van der Waals surface area contributed by atoms with Crippen LogP contribution in [0.3, 0.4) is 0 Å². The molecule has 1 saturated heterocycles. The SMILES string of the molecule is O=C(CCCn1c(SCC(=O)NC[C@@H]2CCCO2)nc2ccccc2c1=O)NCCc1ccccc1. The fourth-order valence-electron chi connectivity index (χ4n) is 4.15. The number of fused-ring (bicyclic) bond motifs is 1. The molecule has 1 aromatic heterocycles. The smallest absolute Gasteiger partial charge is 0.262 e. The van der Waals surface area contributed by atoms with E-state index in [2.05, 4.69) is 15.6 Å². The van der Waals surface area contributed by atoms with Gasteiger partial charge in [-0.2, -0.15) is 0 Å². The van der Waals surface area contributed by atoms with Gasteiger partial charge in [0.2, 0.25) is 11.8 Å². The van der Waals surface area contributed by atoms with Crippen molar-refractivity contribution in [2.75, 3.05) is 25.4 Å². The maximum absolute atomic E-state index is 13.2. The molecular formula is C27H32N4O4S. The fourth-order valence-corrected chi connectivity index (χ4v) is 5.00. The molecule has 36 heavy (non-hydrogen) atoms. The molecule has 1 fully saturated rings. The maximum Gasteiger partial charge on any atom is 0.262 e. The lowest BCUT2D eigenvalue weighted by Crippen LogP contribution is -2.33. The number of rotatable bonds is 12. The molecule has 0 saturated carbocycles. The standard InChI is InChI=1S/C27H32N4O4S/c32-24(28-15-14-20-8-2-1-3-9-20)13-6-16-31-26(34)22-11-4-5-12-23(22)30-27(31)36-19-25(33)29-18-21-10-7-17-35-21/h1-5,8-9,11-12,21H,6-7,10,13-19H2,(H,28,32)(H,29,33)/t21-/m0/s1. The van der Waals surface area contributed by atoms with Crippen LogP contribution in [0.15, 0.2) is 64.5 Å². The molecule has 0 radical (unpaired) electrons. The first-order valence-electron chi connectivity index (χ1n) is 12.4. The number of benzene rings is 2. The van der Waals surface area contributed by atoms with E-state index in [0.29, 0.717) is 48.5 Å². The molecule has 0 bridgehead atoms. The summed E-state index contributed by atoms with van der Waals surface area (Å²) in [5.74, 6) is -0.0185. The number of hydrogen-bond acceptors (Lipinski definition) is 6. The molecule has 1 atom stereocenters. The summed E-state index contributed by atoms with van der Waals surface area (Å²) in [6.45, 7) is 2.16. The molecular weight excluding hydrogens is 476 g/mol. The largest absolute Gasteiger partial charge is 0.376 e. The molecule has 3 aromatic rings. The molecule has 0 unspecified atom stereocenters. The summed E-state index contributed by atoms with van der Waals surface area (Å²) < 4.78 is 7.13. The molecule has 2 heterocycles. The number of nitrogens with zero attached hydrogens (tertiary/aromatic N) is 2. The predicted molar refractivity (Wildman–Crippen MR) is 141 cm³/mol. The highest BCUT2D eigenvalue weighted by Gasteiger charge is 2.17. The summed E-state index contributed by atoms with van der Waals surface area (Å²) in [7, 11) is 0. The highest BCUT2D eigenvalue weighted by atomic mass is 32.2. The van der Waals surface area contributed by atoms with E-state index in [4.69, 9.17) is 4.74 Å². The van der Waals surface area contributed by atoms with E-state index in [1.165, 1.54) is 17.3 Å². The van der Waals surface area contributed by atoms with Gasteiger partial charge < -0.3 is 15.4 Å². The summed E-state index contributed by atoms with van der Waals surface area (Å²) in [4.78, 5) is 42.5. The lowest BCUT2D eigenvalue weighted by Gasteiger charge is -2.14. The van der Waals surface area contributed by atoms with Crippen LogP contribution in [0.1, 0.15) is 31.2 Å². The number of amides is 2. The molecule has 1 aliphatic rings. The Bertz CT molecular complexity index is 1230. The Morgan fingerprint density at radius 2 is 1.86 bits per heavy atom. The first-order chi connectivity index (χ1) is 17.6. The number of nitrogens with one attached hydrogen (secondary N) is 2. The Balaban J connectivity index is 1.33. The van der Waals surface area contributed by atoms with E-state index in [-0.39, 0.29) is 29.2 Å². The van der Waals surface area contributed by atoms with E-state index in [9.17, 15) is 14.4 Å². The van der Waals surface area contributed by atoms with E-state index in [0.717, 1.165) is 25.9 Å². The van der Waals surface area contributed by atoms with Crippen LogP contribution in [0.5, 0.6) is 0 Å². The third-order valence-corrected chi connectivity index (χ3v) is 7.05. The van der Waals surface area contributed by atoms with Crippen molar-refractivity contribution in [1.29, 1.82) is 0 Å². The van der Waals surface area contributed by atoms with Crippen LogP contribution in [0.25, 0.3) is 10.9 Å². The Hall–Kier alpha value is -3.17.